The number of hydrogen-bond acceptors (Lipinski definition) is 22. The molecule has 4 heterocycles. The van der Waals surface area contributed by atoms with E-state index in [0.717, 1.165) is 46.2 Å². The molecule has 0 saturated carbocycles. The standard InChI is InChI=1S/C27H38N6O7.C24H32N6O6S/c1-6-8-13-39-25-29-23(28)22(33(36)37)24(30-25)32(17-21(34)38-7-2)15-18-9-10-19-11-12-31(16-20(19)14-18)26(35)40-27(3,4)5;1-6-35-18(31)14-29(21-19(30(33)34)20(25)26-22(27-21)37-5)12-15-7-8-16-9-10-28(13-17(16)11-15)23(32)36-24(2,3)4/h9-10,14H,6-8,11-13,15-17H2,1-5H3,(H2,28,29,30);7-8,11H,6,9-10,12-14H2,1-5H3,(H2,25,26,27). The van der Waals surface area contributed by atoms with Crippen LogP contribution in [0.1, 0.15) is 109 Å². The Morgan fingerprint density at radius 1 is 0.675 bits per heavy atom. The Morgan fingerprint density at radius 2 is 1.12 bits per heavy atom. The molecule has 26 heteroatoms. The highest BCUT2D eigenvalue weighted by atomic mass is 32.2. The predicted molar refractivity (Wildman–Crippen MR) is 287 cm³/mol. The van der Waals surface area contributed by atoms with Gasteiger partial charge in [0, 0.05) is 39.3 Å². The minimum atomic E-state index is -0.676. The first-order valence-electron chi connectivity index (χ1n) is 25.1. The van der Waals surface area contributed by atoms with Gasteiger partial charge in [-0.15, -0.1) is 0 Å². The summed E-state index contributed by atoms with van der Waals surface area (Å²) in [6.07, 6.45) is 3.88. The Labute approximate surface area is 451 Å². The average Bonchev–Trinajstić information content (AvgIpc) is 3.35. The van der Waals surface area contributed by atoms with Gasteiger partial charge >= 0.3 is 41.5 Å². The molecular weight excluding hydrogens is 1020 g/mol. The summed E-state index contributed by atoms with van der Waals surface area (Å²) in [5.74, 6) is -2.01. The Balaban J connectivity index is 0.000000285. The van der Waals surface area contributed by atoms with Crippen molar-refractivity contribution in [2.24, 2.45) is 0 Å². The third-order valence-electron chi connectivity index (χ3n) is 11.5. The number of rotatable bonds is 19. The van der Waals surface area contributed by atoms with Gasteiger partial charge in [-0.05, 0) is 114 Å². The van der Waals surface area contributed by atoms with Gasteiger partial charge in [-0.2, -0.15) is 19.9 Å². The van der Waals surface area contributed by atoms with Crippen molar-refractivity contribution in [1.82, 2.24) is 29.7 Å². The monoisotopic (exact) mass is 1090 g/mol. The summed E-state index contributed by atoms with van der Waals surface area (Å²) in [6, 6.07) is 11.4. The van der Waals surface area contributed by atoms with Crippen LogP contribution in [0.4, 0.5) is 44.2 Å². The van der Waals surface area contributed by atoms with Gasteiger partial charge in [-0.25, -0.2) is 9.59 Å². The molecular formula is C51H70N12O13S. The highest BCUT2D eigenvalue weighted by molar-refractivity contribution is 7.98. The van der Waals surface area contributed by atoms with Crippen LogP contribution in [0.15, 0.2) is 41.6 Å². The number of anilines is 4. The van der Waals surface area contributed by atoms with Crippen molar-refractivity contribution < 1.29 is 52.7 Å². The van der Waals surface area contributed by atoms with Gasteiger partial charge in [0.2, 0.25) is 23.3 Å². The Morgan fingerprint density at radius 3 is 1.52 bits per heavy atom. The number of nitrogens with zero attached hydrogens (tertiary/aromatic N) is 10. The Kier molecular flexibility index (Phi) is 20.9. The van der Waals surface area contributed by atoms with E-state index in [1.165, 1.54) is 21.6 Å². The van der Waals surface area contributed by atoms with Gasteiger partial charge in [0.05, 0.1) is 29.7 Å². The van der Waals surface area contributed by atoms with Crippen molar-refractivity contribution in [3.05, 3.63) is 90.0 Å². The minimum Gasteiger partial charge on any atom is -0.465 e. The van der Waals surface area contributed by atoms with E-state index in [4.69, 9.17) is 35.2 Å². The maximum atomic E-state index is 12.7. The zero-order valence-electron chi connectivity index (χ0n) is 45.4. The average molecular weight is 1090 g/mol. The number of unbranched alkanes of at least 4 members (excludes halogenated alkanes) is 1. The van der Waals surface area contributed by atoms with Crippen molar-refractivity contribution >= 4 is 70.5 Å². The molecule has 2 aromatic heterocycles. The lowest BCUT2D eigenvalue weighted by molar-refractivity contribution is -0.383. The van der Waals surface area contributed by atoms with Crippen molar-refractivity contribution in [3.8, 4) is 6.01 Å². The zero-order valence-corrected chi connectivity index (χ0v) is 46.2. The highest BCUT2D eigenvalue weighted by Gasteiger charge is 2.33. The summed E-state index contributed by atoms with van der Waals surface area (Å²) in [7, 11) is 0. The van der Waals surface area contributed by atoms with Crippen LogP contribution in [0.5, 0.6) is 6.01 Å². The van der Waals surface area contributed by atoms with Crippen molar-refractivity contribution in [2.45, 2.75) is 131 Å². The van der Waals surface area contributed by atoms with Crippen LogP contribution in [-0.2, 0) is 67.6 Å². The number of nitrogens with two attached hydrogens (primary N) is 2. The molecule has 77 heavy (non-hydrogen) atoms. The summed E-state index contributed by atoms with van der Waals surface area (Å²) in [6.45, 7) is 18.3. The number of nitrogen functional groups attached to an aromatic ring is 2. The number of benzene rings is 2. The van der Waals surface area contributed by atoms with E-state index in [1.807, 2.05) is 84.9 Å². The molecule has 2 aliphatic heterocycles. The number of nitro groups is 2. The molecule has 0 radical (unpaired) electrons. The second kappa shape index (κ2) is 26.8. The molecule has 4 aromatic rings. The molecule has 6 rings (SSSR count). The lowest BCUT2D eigenvalue weighted by Gasteiger charge is -2.31. The Bertz CT molecular complexity index is 2790. The smallest absolute Gasteiger partial charge is 0.410 e. The number of esters is 2. The second-order valence-electron chi connectivity index (χ2n) is 19.9. The quantitative estimate of drug-likeness (QED) is 0.0174. The van der Waals surface area contributed by atoms with Crippen LogP contribution < -0.4 is 26.0 Å². The molecule has 418 valence electrons. The number of ether oxygens (including phenoxy) is 5. The van der Waals surface area contributed by atoms with Crippen molar-refractivity contribution in [3.63, 3.8) is 0 Å². The van der Waals surface area contributed by atoms with E-state index in [-0.39, 0.29) is 79.9 Å². The number of aromatic nitrogens is 4. The van der Waals surface area contributed by atoms with E-state index in [2.05, 4.69) is 19.9 Å². The van der Waals surface area contributed by atoms with E-state index in [1.54, 1.807) is 29.9 Å². The number of amides is 2. The van der Waals surface area contributed by atoms with E-state index in [0.29, 0.717) is 45.6 Å². The molecule has 0 unspecified atom stereocenters. The number of hydrogen-bond donors (Lipinski definition) is 2. The molecule has 0 aliphatic carbocycles. The Hall–Kier alpha value is -7.77. The zero-order chi connectivity index (χ0) is 56.8. The first-order chi connectivity index (χ1) is 36.3. The molecule has 0 fully saturated rings. The fraction of sp³-hybridized carbons (Fsp3) is 0.529. The predicted octanol–water partition coefficient (Wildman–Crippen LogP) is 7.56. The van der Waals surface area contributed by atoms with Crippen LogP contribution in [0, 0.1) is 20.2 Å². The number of thioether (sulfide) groups is 1. The van der Waals surface area contributed by atoms with Gasteiger partial charge in [0.1, 0.15) is 24.3 Å². The second-order valence-corrected chi connectivity index (χ2v) is 20.7. The largest absolute Gasteiger partial charge is 0.465 e. The van der Waals surface area contributed by atoms with Gasteiger partial charge in [-0.3, -0.25) is 29.8 Å². The molecule has 2 aromatic carbocycles. The fourth-order valence-electron chi connectivity index (χ4n) is 8.09. The number of carbonyl (C=O) groups excluding carboxylic acids is 4. The van der Waals surface area contributed by atoms with Crippen LogP contribution in [0.25, 0.3) is 0 Å². The first kappa shape index (κ1) is 60.1. The molecule has 0 spiro atoms. The molecule has 25 nitrogen and oxygen atoms in total. The highest BCUT2D eigenvalue weighted by Crippen LogP contribution is 2.36. The van der Waals surface area contributed by atoms with Gasteiger partial charge in [0.25, 0.3) is 0 Å². The number of carbonyl (C=O) groups is 4. The van der Waals surface area contributed by atoms with Gasteiger partial charge in [0.15, 0.2) is 5.16 Å². The normalized spacial score (nSPS) is 13.0. The topological polar surface area (TPSA) is 317 Å². The molecule has 2 amide bonds. The van der Waals surface area contributed by atoms with Gasteiger partial charge in [-0.1, -0.05) is 61.5 Å². The van der Waals surface area contributed by atoms with Crippen molar-refractivity contribution in [1.29, 1.82) is 0 Å². The summed E-state index contributed by atoms with van der Waals surface area (Å²) in [5, 5.41) is 24.1. The van der Waals surface area contributed by atoms with E-state index < -0.39 is 50.5 Å². The van der Waals surface area contributed by atoms with Crippen LogP contribution in [0.2, 0.25) is 0 Å². The fourth-order valence-corrected chi connectivity index (χ4v) is 8.46. The van der Waals surface area contributed by atoms with E-state index >= 15 is 0 Å². The van der Waals surface area contributed by atoms with Crippen LogP contribution in [0.3, 0.4) is 0 Å². The number of fused-ring (bicyclic) bond motifs is 2. The summed E-state index contributed by atoms with van der Waals surface area (Å²) >= 11 is 1.18. The van der Waals surface area contributed by atoms with Crippen molar-refractivity contribution in [2.75, 3.05) is 73.5 Å². The lowest BCUT2D eigenvalue weighted by atomic mass is 9.97. The maximum Gasteiger partial charge on any atom is 0.410 e. The summed E-state index contributed by atoms with van der Waals surface area (Å²) in [4.78, 5) is 95.5. The molecule has 2 aliphatic rings. The third kappa shape index (κ3) is 17.4. The first-order valence-corrected chi connectivity index (χ1v) is 26.3. The molecule has 0 atom stereocenters. The van der Waals surface area contributed by atoms with Crippen LogP contribution >= 0.6 is 11.8 Å². The third-order valence-corrected chi connectivity index (χ3v) is 12.0. The summed E-state index contributed by atoms with van der Waals surface area (Å²) < 4.78 is 26.9. The summed E-state index contributed by atoms with van der Waals surface area (Å²) in [5.41, 5.74) is 15.2. The lowest BCUT2D eigenvalue weighted by Crippen LogP contribution is -2.40. The SMILES string of the molecule is CCCCOc1nc(N)c([N+](=O)[O-])c(N(CC(=O)OCC)Cc2ccc3c(c2)CN(C(=O)OC(C)(C)C)CC3)n1.CCOC(=O)CN(Cc1ccc2c(c1)CN(C(=O)OC(C)(C)C)CC2)c1nc(SC)nc(N)c1[N+](=O)[O-]. The molecule has 4 N–H and O–H groups in total. The van der Waals surface area contributed by atoms with E-state index in [9.17, 15) is 39.4 Å². The molecule has 0 saturated heterocycles. The molecule has 0 bridgehead atoms. The maximum absolute atomic E-state index is 12.7. The minimum absolute atomic E-state index is 0.0667. The van der Waals surface area contributed by atoms with Crippen LogP contribution in [-0.4, -0.2) is 127 Å². The van der Waals surface area contributed by atoms with Gasteiger partial charge < -0.3 is 54.8 Å².